The van der Waals surface area contributed by atoms with Crippen LogP contribution in [0.15, 0.2) is 47.9 Å². The summed E-state index contributed by atoms with van der Waals surface area (Å²) >= 11 is 0. The molecule has 6 heteroatoms. The molecule has 0 spiro atoms. The van der Waals surface area contributed by atoms with Gasteiger partial charge in [-0.1, -0.05) is 23.4 Å². The molecular formula is C15H16N4O2. The number of nitrogens with two attached hydrogens (primary N) is 1. The van der Waals surface area contributed by atoms with E-state index in [0.29, 0.717) is 25.3 Å². The van der Waals surface area contributed by atoms with Gasteiger partial charge in [-0.05, 0) is 12.1 Å². The lowest BCUT2D eigenvalue weighted by Gasteiger charge is -2.24. The standard InChI is InChI=1S/C15H16N4O2/c16-15(18-20)12-5-6-17-9-13(12)19-7-8-21-14-4-2-1-3-11(14)10-19/h1-6,9,20H,7-8,10H2,(H2,16,18). The first-order valence-electron chi connectivity index (χ1n) is 6.67. The highest BCUT2D eigenvalue weighted by atomic mass is 16.5. The van der Waals surface area contributed by atoms with Gasteiger partial charge in [0.2, 0.25) is 0 Å². The molecule has 2 aromatic rings. The summed E-state index contributed by atoms with van der Waals surface area (Å²) in [4.78, 5) is 6.27. The van der Waals surface area contributed by atoms with Crippen LogP contribution >= 0.6 is 0 Å². The third kappa shape index (κ3) is 2.60. The Kier molecular flexibility index (Phi) is 3.59. The molecule has 3 N–H and O–H groups in total. The third-order valence-corrected chi connectivity index (χ3v) is 3.48. The van der Waals surface area contributed by atoms with Crippen molar-refractivity contribution in [2.75, 3.05) is 18.1 Å². The van der Waals surface area contributed by atoms with Crippen LogP contribution in [-0.4, -0.2) is 29.2 Å². The average Bonchev–Trinajstić information content (AvgIpc) is 2.76. The maximum absolute atomic E-state index is 8.92. The predicted molar refractivity (Wildman–Crippen MR) is 79.7 cm³/mol. The van der Waals surface area contributed by atoms with Crippen LogP contribution in [0.1, 0.15) is 11.1 Å². The minimum Gasteiger partial charge on any atom is -0.491 e. The first-order valence-corrected chi connectivity index (χ1v) is 6.67. The zero-order valence-corrected chi connectivity index (χ0v) is 11.4. The molecular weight excluding hydrogens is 268 g/mol. The van der Waals surface area contributed by atoms with Gasteiger partial charge < -0.3 is 20.6 Å². The van der Waals surface area contributed by atoms with Crippen molar-refractivity contribution in [3.63, 3.8) is 0 Å². The zero-order valence-electron chi connectivity index (χ0n) is 11.4. The van der Waals surface area contributed by atoms with Gasteiger partial charge >= 0.3 is 0 Å². The minimum atomic E-state index is 0.0749. The monoisotopic (exact) mass is 284 g/mol. The molecule has 0 atom stereocenters. The van der Waals surface area contributed by atoms with Crippen molar-refractivity contribution in [3.05, 3.63) is 53.9 Å². The number of fused-ring (bicyclic) bond motifs is 1. The summed E-state index contributed by atoms with van der Waals surface area (Å²) < 4.78 is 5.75. The molecule has 1 aromatic carbocycles. The molecule has 21 heavy (non-hydrogen) atoms. The number of aromatic nitrogens is 1. The van der Waals surface area contributed by atoms with Crippen LogP contribution < -0.4 is 15.4 Å². The van der Waals surface area contributed by atoms with E-state index in [-0.39, 0.29) is 5.84 Å². The zero-order chi connectivity index (χ0) is 14.7. The number of pyridine rings is 1. The van der Waals surface area contributed by atoms with Crippen molar-refractivity contribution in [3.8, 4) is 5.75 Å². The lowest BCUT2D eigenvalue weighted by Crippen LogP contribution is -2.28. The number of hydrogen-bond acceptors (Lipinski definition) is 5. The van der Waals surface area contributed by atoms with Crippen molar-refractivity contribution in [1.29, 1.82) is 0 Å². The Morgan fingerprint density at radius 2 is 2.19 bits per heavy atom. The Balaban J connectivity index is 1.98. The SMILES string of the molecule is N/C(=N/O)c1ccncc1N1CCOc2ccccc2C1. The van der Waals surface area contributed by atoms with Crippen LogP contribution in [0.3, 0.4) is 0 Å². The fourth-order valence-electron chi connectivity index (χ4n) is 2.44. The molecule has 1 aromatic heterocycles. The van der Waals surface area contributed by atoms with Gasteiger partial charge in [-0.25, -0.2) is 0 Å². The van der Waals surface area contributed by atoms with Gasteiger partial charge in [0.25, 0.3) is 0 Å². The number of amidine groups is 1. The van der Waals surface area contributed by atoms with Crippen LogP contribution in [0.4, 0.5) is 5.69 Å². The molecule has 0 saturated carbocycles. The topological polar surface area (TPSA) is 84.0 Å². The second-order valence-corrected chi connectivity index (χ2v) is 4.76. The molecule has 0 fully saturated rings. The largest absolute Gasteiger partial charge is 0.491 e. The lowest BCUT2D eigenvalue weighted by molar-refractivity contribution is 0.318. The van der Waals surface area contributed by atoms with Crippen LogP contribution in [0.2, 0.25) is 0 Å². The summed E-state index contributed by atoms with van der Waals surface area (Å²) in [6.07, 6.45) is 3.35. The first kappa shape index (κ1) is 13.2. The van der Waals surface area contributed by atoms with Crippen LogP contribution in [0, 0.1) is 0 Å². The number of oxime groups is 1. The minimum absolute atomic E-state index is 0.0749. The summed E-state index contributed by atoms with van der Waals surface area (Å²) in [7, 11) is 0. The summed E-state index contributed by atoms with van der Waals surface area (Å²) in [5.74, 6) is 0.972. The van der Waals surface area contributed by atoms with Crippen molar-refractivity contribution < 1.29 is 9.94 Å². The fraction of sp³-hybridized carbons (Fsp3) is 0.200. The van der Waals surface area contributed by atoms with Crippen molar-refractivity contribution in [2.45, 2.75) is 6.54 Å². The van der Waals surface area contributed by atoms with E-state index in [0.717, 1.165) is 17.0 Å². The van der Waals surface area contributed by atoms with Crippen LogP contribution in [0.5, 0.6) is 5.75 Å². The number of ether oxygens (including phenoxy) is 1. The Morgan fingerprint density at radius 1 is 1.33 bits per heavy atom. The average molecular weight is 284 g/mol. The van der Waals surface area contributed by atoms with E-state index in [1.165, 1.54) is 0 Å². The molecule has 3 rings (SSSR count). The smallest absolute Gasteiger partial charge is 0.172 e. The summed E-state index contributed by atoms with van der Waals surface area (Å²) in [6, 6.07) is 9.68. The molecule has 0 radical (unpaired) electrons. The number of nitrogens with zero attached hydrogens (tertiary/aromatic N) is 3. The highest BCUT2D eigenvalue weighted by molar-refractivity contribution is 6.02. The van der Waals surface area contributed by atoms with E-state index in [1.54, 1.807) is 18.5 Å². The molecule has 108 valence electrons. The third-order valence-electron chi connectivity index (χ3n) is 3.48. The lowest BCUT2D eigenvalue weighted by atomic mass is 10.1. The predicted octanol–water partition coefficient (Wildman–Crippen LogP) is 1.58. The maximum atomic E-state index is 8.92. The van der Waals surface area contributed by atoms with E-state index in [9.17, 15) is 0 Å². The van der Waals surface area contributed by atoms with Crippen molar-refractivity contribution in [1.82, 2.24) is 4.98 Å². The first-order chi connectivity index (χ1) is 10.3. The van der Waals surface area contributed by atoms with E-state index in [2.05, 4.69) is 15.0 Å². The van der Waals surface area contributed by atoms with Gasteiger partial charge in [0.1, 0.15) is 12.4 Å². The molecule has 1 aliphatic rings. The molecule has 0 unspecified atom stereocenters. The Labute approximate surface area is 122 Å². The van der Waals surface area contributed by atoms with Gasteiger partial charge in [0.15, 0.2) is 5.84 Å². The number of para-hydroxylation sites is 1. The van der Waals surface area contributed by atoms with E-state index < -0.39 is 0 Å². The molecule has 2 heterocycles. The van der Waals surface area contributed by atoms with E-state index >= 15 is 0 Å². The number of anilines is 1. The summed E-state index contributed by atoms with van der Waals surface area (Å²) in [5.41, 5.74) is 8.34. The van der Waals surface area contributed by atoms with Crippen LogP contribution in [-0.2, 0) is 6.54 Å². The Hall–Kier alpha value is -2.76. The van der Waals surface area contributed by atoms with E-state index in [1.807, 2.05) is 24.3 Å². The second kappa shape index (κ2) is 5.70. The van der Waals surface area contributed by atoms with Crippen LogP contribution in [0.25, 0.3) is 0 Å². The molecule has 0 amide bonds. The van der Waals surface area contributed by atoms with Gasteiger partial charge in [-0.3, -0.25) is 4.98 Å². The number of benzene rings is 1. The number of hydrogen-bond donors (Lipinski definition) is 2. The Morgan fingerprint density at radius 3 is 3.05 bits per heavy atom. The molecule has 1 aliphatic heterocycles. The summed E-state index contributed by atoms with van der Waals surface area (Å²) in [6.45, 7) is 1.96. The van der Waals surface area contributed by atoms with Crippen molar-refractivity contribution >= 4 is 11.5 Å². The molecule has 0 saturated heterocycles. The highest BCUT2D eigenvalue weighted by Crippen LogP contribution is 2.27. The highest BCUT2D eigenvalue weighted by Gasteiger charge is 2.19. The maximum Gasteiger partial charge on any atom is 0.172 e. The van der Waals surface area contributed by atoms with Gasteiger partial charge in [-0.2, -0.15) is 0 Å². The van der Waals surface area contributed by atoms with E-state index in [4.69, 9.17) is 15.7 Å². The van der Waals surface area contributed by atoms with Gasteiger partial charge in [-0.15, -0.1) is 0 Å². The van der Waals surface area contributed by atoms with Gasteiger partial charge in [0.05, 0.1) is 18.4 Å². The Bertz CT molecular complexity index is 672. The molecule has 6 nitrogen and oxygen atoms in total. The quantitative estimate of drug-likeness (QED) is 0.378. The fourth-order valence-corrected chi connectivity index (χ4v) is 2.44. The second-order valence-electron chi connectivity index (χ2n) is 4.76. The number of rotatable bonds is 2. The normalized spacial score (nSPS) is 15.0. The van der Waals surface area contributed by atoms with Gasteiger partial charge in [0, 0.05) is 23.9 Å². The molecule has 0 bridgehead atoms. The van der Waals surface area contributed by atoms with Crippen molar-refractivity contribution in [2.24, 2.45) is 10.9 Å². The summed E-state index contributed by atoms with van der Waals surface area (Å²) in [5, 5.41) is 12.0. The molecule has 0 aliphatic carbocycles.